The fourth-order valence-corrected chi connectivity index (χ4v) is 3.11. The molecule has 0 saturated heterocycles. The molecule has 0 aliphatic heterocycles. The number of hydrogen-bond acceptors (Lipinski definition) is 5. The van der Waals surface area contributed by atoms with Gasteiger partial charge in [-0.2, -0.15) is 4.98 Å². The number of rotatable bonds is 3. The van der Waals surface area contributed by atoms with Gasteiger partial charge in [-0.05, 0) is 53.4 Å². The van der Waals surface area contributed by atoms with Crippen LogP contribution in [0.15, 0.2) is 27.2 Å². The quantitative estimate of drug-likeness (QED) is 0.931. The molecule has 1 aliphatic carbocycles. The van der Waals surface area contributed by atoms with E-state index in [9.17, 15) is 0 Å². The van der Waals surface area contributed by atoms with Crippen LogP contribution in [0, 0.1) is 0 Å². The highest BCUT2D eigenvalue weighted by Gasteiger charge is 2.28. The molecule has 1 saturated carbocycles. The zero-order chi connectivity index (χ0) is 14.1. The van der Waals surface area contributed by atoms with Gasteiger partial charge in [-0.1, -0.05) is 5.16 Å². The first kappa shape index (κ1) is 13.6. The third-order valence-electron chi connectivity index (χ3n) is 3.67. The second kappa shape index (κ2) is 5.54. The Hall–Kier alpha value is -1.40. The molecule has 1 fully saturated rings. The van der Waals surface area contributed by atoms with Gasteiger partial charge >= 0.3 is 0 Å². The minimum Gasteiger partial charge on any atom is -0.496 e. The van der Waals surface area contributed by atoms with Gasteiger partial charge in [-0.25, -0.2) is 0 Å². The van der Waals surface area contributed by atoms with Gasteiger partial charge in [0, 0.05) is 17.5 Å². The first-order valence-electron chi connectivity index (χ1n) is 6.60. The van der Waals surface area contributed by atoms with E-state index in [-0.39, 0.29) is 6.04 Å². The third kappa shape index (κ3) is 2.58. The number of benzene rings is 1. The van der Waals surface area contributed by atoms with Crippen molar-refractivity contribution in [2.45, 2.75) is 31.2 Å². The number of halogens is 1. The lowest BCUT2D eigenvalue weighted by Gasteiger charge is -2.03. The van der Waals surface area contributed by atoms with Gasteiger partial charge < -0.3 is 15.0 Å². The molecule has 0 unspecified atom stereocenters. The monoisotopic (exact) mass is 337 g/mol. The largest absolute Gasteiger partial charge is 0.496 e. The van der Waals surface area contributed by atoms with E-state index in [4.69, 9.17) is 15.0 Å². The van der Waals surface area contributed by atoms with Crippen molar-refractivity contribution in [3.05, 3.63) is 28.6 Å². The van der Waals surface area contributed by atoms with Crippen molar-refractivity contribution >= 4 is 15.9 Å². The Morgan fingerprint density at radius 1 is 1.40 bits per heavy atom. The van der Waals surface area contributed by atoms with Gasteiger partial charge in [-0.15, -0.1) is 0 Å². The highest BCUT2D eigenvalue weighted by atomic mass is 79.9. The number of ether oxygens (including phenoxy) is 1. The normalized spacial score (nSPS) is 22.1. The fourth-order valence-electron chi connectivity index (χ4n) is 2.56. The van der Waals surface area contributed by atoms with E-state index in [2.05, 4.69) is 26.1 Å². The van der Waals surface area contributed by atoms with Gasteiger partial charge in [-0.3, -0.25) is 0 Å². The molecule has 1 aliphatic rings. The van der Waals surface area contributed by atoms with Crippen LogP contribution in [-0.2, 0) is 0 Å². The highest BCUT2D eigenvalue weighted by molar-refractivity contribution is 9.10. The first-order chi connectivity index (χ1) is 9.67. The van der Waals surface area contributed by atoms with E-state index < -0.39 is 0 Å². The summed E-state index contributed by atoms with van der Waals surface area (Å²) in [5.74, 6) is 2.37. The molecular formula is C14H16BrN3O2. The Labute approximate surface area is 125 Å². The molecule has 1 aromatic heterocycles. The maximum absolute atomic E-state index is 5.92. The second-order valence-corrected chi connectivity index (χ2v) is 5.93. The average Bonchev–Trinajstić information content (AvgIpc) is 3.07. The molecule has 1 aromatic carbocycles. The number of aromatic nitrogens is 2. The van der Waals surface area contributed by atoms with Gasteiger partial charge in [0.2, 0.25) is 11.7 Å². The van der Waals surface area contributed by atoms with Crippen LogP contribution in [0.2, 0.25) is 0 Å². The van der Waals surface area contributed by atoms with Crippen molar-refractivity contribution in [2.24, 2.45) is 5.73 Å². The summed E-state index contributed by atoms with van der Waals surface area (Å²) in [6.07, 6.45) is 2.97. The zero-order valence-corrected chi connectivity index (χ0v) is 12.8. The first-order valence-corrected chi connectivity index (χ1v) is 7.39. The van der Waals surface area contributed by atoms with E-state index in [1.807, 2.05) is 18.2 Å². The molecule has 2 atom stereocenters. The lowest BCUT2D eigenvalue weighted by Crippen LogP contribution is -2.14. The molecule has 2 aromatic rings. The molecule has 3 rings (SSSR count). The average molecular weight is 338 g/mol. The number of nitrogens with zero attached hydrogens (tertiary/aromatic N) is 2. The minimum atomic E-state index is 0.255. The van der Waals surface area contributed by atoms with E-state index >= 15 is 0 Å². The van der Waals surface area contributed by atoms with Crippen LogP contribution in [0.5, 0.6) is 5.75 Å². The van der Waals surface area contributed by atoms with Crippen LogP contribution in [0.25, 0.3) is 11.4 Å². The Kier molecular flexibility index (Phi) is 3.76. The SMILES string of the molecule is COc1ccc(-c2noc([C@@H]3CC[C@H](N)C3)n2)cc1Br. The summed E-state index contributed by atoms with van der Waals surface area (Å²) in [7, 11) is 1.63. The van der Waals surface area contributed by atoms with Gasteiger partial charge in [0.05, 0.1) is 11.6 Å². The van der Waals surface area contributed by atoms with Crippen molar-refractivity contribution in [3.63, 3.8) is 0 Å². The molecule has 0 bridgehead atoms. The summed E-state index contributed by atoms with van der Waals surface area (Å²) >= 11 is 3.46. The van der Waals surface area contributed by atoms with Gasteiger partial charge in [0.25, 0.3) is 0 Å². The molecule has 0 spiro atoms. The van der Waals surface area contributed by atoms with Crippen molar-refractivity contribution in [2.75, 3.05) is 7.11 Å². The Balaban J connectivity index is 1.84. The maximum atomic E-state index is 5.92. The molecule has 2 N–H and O–H groups in total. The van der Waals surface area contributed by atoms with Crippen molar-refractivity contribution < 1.29 is 9.26 Å². The van der Waals surface area contributed by atoms with Crippen molar-refractivity contribution in [3.8, 4) is 17.1 Å². The Morgan fingerprint density at radius 2 is 2.25 bits per heavy atom. The van der Waals surface area contributed by atoms with E-state index in [0.29, 0.717) is 17.6 Å². The maximum Gasteiger partial charge on any atom is 0.230 e. The topological polar surface area (TPSA) is 74.2 Å². The smallest absolute Gasteiger partial charge is 0.230 e. The van der Waals surface area contributed by atoms with Crippen molar-refractivity contribution in [1.82, 2.24) is 10.1 Å². The summed E-state index contributed by atoms with van der Waals surface area (Å²) in [5, 5.41) is 4.06. The standard InChI is InChI=1S/C14H16BrN3O2/c1-19-12-5-3-8(7-11(12)15)13-17-14(20-18-13)9-2-4-10(16)6-9/h3,5,7,9-10H,2,4,6,16H2,1H3/t9-,10+/m1/s1. The van der Waals surface area contributed by atoms with Crippen LogP contribution in [0.1, 0.15) is 31.1 Å². The summed E-state index contributed by atoms with van der Waals surface area (Å²) in [5.41, 5.74) is 6.82. The molecule has 106 valence electrons. The van der Waals surface area contributed by atoms with Gasteiger partial charge in [0.15, 0.2) is 0 Å². The van der Waals surface area contributed by atoms with Crippen LogP contribution in [0.4, 0.5) is 0 Å². The molecular weight excluding hydrogens is 322 g/mol. The molecule has 0 radical (unpaired) electrons. The van der Waals surface area contributed by atoms with Crippen LogP contribution < -0.4 is 10.5 Å². The van der Waals surface area contributed by atoms with E-state index in [1.165, 1.54) is 0 Å². The number of nitrogens with two attached hydrogens (primary N) is 1. The predicted molar refractivity (Wildman–Crippen MR) is 78.6 cm³/mol. The van der Waals surface area contributed by atoms with Crippen LogP contribution in [-0.4, -0.2) is 23.3 Å². The lowest BCUT2D eigenvalue weighted by molar-refractivity contribution is 0.353. The second-order valence-electron chi connectivity index (χ2n) is 5.08. The fraction of sp³-hybridized carbons (Fsp3) is 0.429. The van der Waals surface area contributed by atoms with Crippen LogP contribution in [0.3, 0.4) is 0 Å². The lowest BCUT2D eigenvalue weighted by atomic mass is 10.1. The highest BCUT2D eigenvalue weighted by Crippen LogP contribution is 2.34. The number of methoxy groups -OCH3 is 1. The predicted octanol–water partition coefficient (Wildman–Crippen LogP) is 3.10. The summed E-state index contributed by atoms with van der Waals surface area (Å²) < 4.78 is 11.5. The third-order valence-corrected chi connectivity index (χ3v) is 4.29. The zero-order valence-electron chi connectivity index (χ0n) is 11.2. The summed E-state index contributed by atoms with van der Waals surface area (Å²) in [6, 6.07) is 5.97. The Bertz CT molecular complexity index is 614. The van der Waals surface area contributed by atoms with Gasteiger partial charge in [0.1, 0.15) is 5.75 Å². The molecule has 20 heavy (non-hydrogen) atoms. The van der Waals surface area contributed by atoms with E-state index in [1.54, 1.807) is 7.11 Å². The van der Waals surface area contributed by atoms with E-state index in [0.717, 1.165) is 35.0 Å². The minimum absolute atomic E-state index is 0.255. The molecule has 5 nitrogen and oxygen atoms in total. The summed E-state index contributed by atoms with van der Waals surface area (Å²) in [4.78, 5) is 4.50. The molecule has 6 heteroatoms. The number of hydrogen-bond donors (Lipinski definition) is 1. The van der Waals surface area contributed by atoms with Crippen LogP contribution >= 0.6 is 15.9 Å². The summed E-state index contributed by atoms with van der Waals surface area (Å²) in [6.45, 7) is 0. The van der Waals surface area contributed by atoms with Crippen molar-refractivity contribution in [1.29, 1.82) is 0 Å². The Morgan fingerprint density at radius 3 is 2.90 bits per heavy atom. The molecule has 0 amide bonds. The molecule has 1 heterocycles.